The maximum Gasteiger partial charge on any atom is 0.326 e. The molecule has 4 aromatic rings. The van der Waals surface area contributed by atoms with Gasteiger partial charge in [-0.05, 0) is 79.0 Å². The van der Waals surface area contributed by atoms with E-state index < -0.39 is 128 Å². The molecule has 0 spiro atoms. The van der Waals surface area contributed by atoms with Crippen LogP contribution in [0.3, 0.4) is 0 Å². The number of carbonyl (C=O) groups excluding carboxylic acids is 6. The summed E-state index contributed by atoms with van der Waals surface area (Å²) < 4.78 is 13.2. The van der Waals surface area contributed by atoms with Gasteiger partial charge in [-0.1, -0.05) is 66.7 Å². The molecular formula is C50H56FN7O16. The fourth-order valence-corrected chi connectivity index (χ4v) is 7.41. The Morgan fingerprint density at radius 2 is 1.11 bits per heavy atom. The Kier molecular flexibility index (Phi) is 22.5. The number of benzene rings is 3. The number of amides is 6. The van der Waals surface area contributed by atoms with Gasteiger partial charge in [-0.2, -0.15) is 4.39 Å². The van der Waals surface area contributed by atoms with Crippen LogP contribution in [0.2, 0.25) is 0 Å². The van der Waals surface area contributed by atoms with E-state index >= 15 is 0 Å². The summed E-state index contributed by atoms with van der Waals surface area (Å²) in [5, 5.41) is 62.8. The van der Waals surface area contributed by atoms with Crippen molar-refractivity contribution in [2.24, 2.45) is 5.92 Å². The molecule has 0 radical (unpaired) electrons. The summed E-state index contributed by atoms with van der Waals surface area (Å²) in [6.45, 7) is 0.0389. The van der Waals surface area contributed by atoms with Gasteiger partial charge in [0.05, 0.1) is 5.56 Å². The average molecular weight is 1030 g/mol. The van der Waals surface area contributed by atoms with Crippen LogP contribution in [0.1, 0.15) is 96.1 Å². The van der Waals surface area contributed by atoms with Crippen LogP contribution in [0, 0.1) is 11.9 Å². The van der Waals surface area contributed by atoms with Crippen molar-refractivity contribution in [1.82, 2.24) is 36.9 Å². The molecule has 5 unspecified atom stereocenters. The maximum absolute atomic E-state index is 13.7. The van der Waals surface area contributed by atoms with Gasteiger partial charge in [0.1, 0.15) is 24.2 Å². The lowest BCUT2D eigenvalue weighted by atomic mass is 9.90. The molecule has 11 N–H and O–H groups in total. The number of unbranched alkanes of at least 4 members (excludes halogenated alkanes) is 1. The van der Waals surface area contributed by atoms with E-state index in [0.717, 1.165) is 34.7 Å². The number of urea groups is 1. The van der Waals surface area contributed by atoms with Gasteiger partial charge in [0, 0.05) is 56.5 Å². The van der Waals surface area contributed by atoms with Crippen LogP contribution in [0.25, 0.3) is 10.8 Å². The monoisotopic (exact) mass is 1030 g/mol. The van der Waals surface area contributed by atoms with E-state index in [4.69, 9.17) is 10.2 Å². The third kappa shape index (κ3) is 19.8. The largest absolute Gasteiger partial charge is 0.481 e. The van der Waals surface area contributed by atoms with Crippen molar-refractivity contribution in [3.8, 4) is 0 Å². The summed E-state index contributed by atoms with van der Waals surface area (Å²) in [6, 6.07) is 14.2. The molecule has 0 bridgehead atoms. The highest BCUT2D eigenvalue weighted by molar-refractivity contribution is 5.99. The van der Waals surface area contributed by atoms with Gasteiger partial charge in [0.25, 0.3) is 5.91 Å². The second-order valence-corrected chi connectivity index (χ2v) is 17.1. The summed E-state index contributed by atoms with van der Waals surface area (Å²) in [4.78, 5) is 139. The highest BCUT2D eigenvalue weighted by Crippen LogP contribution is 2.22. The summed E-state index contributed by atoms with van der Waals surface area (Å²) >= 11 is 0. The molecule has 0 fully saturated rings. The molecule has 3 aromatic carbocycles. The van der Waals surface area contributed by atoms with E-state index in [1.54, 1.807) is 12.1 Å². The number of halogens is 1. The van der Waals surface area contributed by atoms with Crippen LogP contribution in [0.5, 0.6) is 0 Å². The number of carboxylic acids is 5. The molecule has 1 heterocycles. The fourth-order valence-electron chi connectivity index (χ4n) is 7.41. The molecule has 23 nitrogen and oxygen atoms in total. The smallest absolute Gasteiger partial charge is 0.326 e. The third-order valence-corrected chi connectivity index (χ3v) is 11.5. The van der Waals surface area contributed by atoms with E-state index in [1.807, 2.05) is 42.5 Å². The van der Waals surface area contributed by atoms with Crippen LogP contribution in [0.4, 0.5) is 9.18 Å². The minimum absolute atomic E-state index is 0.0395. The Morgan fingerprint density at radius 1 is 0.541 bits per heavy atom. The summed E-state index contributed by atoms with van der Waals surface area (Å²) in [7, 11) is 0. The Labute approximate surface area is 421 Å². The number of carbonyl (C=O) groups is 11. The van der Waals surface area contributed by atoms with Crippen molar-refractivity contribution < 1.29 is 82.7 Å². The highest BCUT2D eigenvalue weighted by atomic mass is 18.2. The lowest BCUT2D eigenvalue weighted by molar-refractivity contribution is -0.143. The molecule has 74 heavy (non-hydrogen) atoms. The van der Waals surface area contributed by atoms with E-state index in [0.29, 0.717) is 5.56 Å². The zero-order chi connectivity index (χ0) is 54.3. The fraction of sp³-hybridized carbons (Fsp3) is 0.360. The van der Waals surface area contributed by atoms with Crippen molar-refractivity contribution in [3.05, 3.63) is 113 Å². The Hall–Kier alpha value is -8.83. The minimum Gasteiger partial charge on any atom is -0.481 e. The van der Waals surface area contributed by atoms with Gasteiger partial charge in [-0.25, -0.2) is 24.2 Å². The second-order valence-electron chi connectivity index (χ2n) is 17.1. The molecule has 0 aliphatic carbocycles. The van der Waals surface area contributed by atoms with Crippen LogP contribution < -0.4 is 31.9 Å². The van der Waals surface area contributed by atoms with E-state index in [-0.39, 0.29) is 68.5 Å². The molecule has 0 saturated heterocycles. The number of nitrogens with one attached hydrogen (secondary N) is 6. The van der Waals surface area contributed by atoms with Crippen molar-refractivity contribution in [2.45, 2.75) is 101 Å². The molecule has 6 amide bonds. The number of hydrogen-bond donors (Lipinski definition) is 11. The van der Waals surface area contributed by atoms with Crippen molar-refractivity contribution in [2.75, 3.05) is 6.54 Å². The molecule has 24 heteroatoms. The lowest BCUT2D eigenvalue weighted by Gasteiger charge is -2.21. The van der Waals surface area contributed by atoms with Crippen LogP contribution in [-0.4, -0.2) is 127 Å². The second kappa shape index (κ2) is 28.9. The molecule has 0 aliphatic rings. The highest BCUT2D eigenvalue weighted by Gasteiger charge is 2.29. The standard InChI is InChI=1S/C50H56FN7O16/c51-40-18-14-33(27-53-40)45(66)55-35(16-20-42(61)62)46(67)56-37(48(70)71)15-19-41(60)54-26-28-8-12-31(13-9-28)39(59)25-34(24-29-10-11-30-5-1-2-6-32(30)23-29)44(65)52-22-4-3-7-36(47(68)69)57-50(74)58-38(49(72)73)17-21-43(63)64/h1-2,5-6,8-14,18,23,27,34-38H,3-4,7,15-17,19-22,24-26H2,(H,52,65)(H,54,60)(H,55,66)(H,56,67)(H,61,62)(H,63,64)(H,68,69)(H,70,71)(H,72,73)(H2,57,58,74)/i51-1. The number of fused-ring (bicyclic) bond motifs is 1. The number of aromatic nitrogens is 1. The topological polar surface area (TPSA) is 374 Å². The molecule has 394 valence electrons. The van der Waals surface area contributed by atoms with Crippen LogP contribution >= 0.6 is 0 Å². The predicted molar refractivity (Wildman–Crippen MR) is 258 cm³/mol. The van der Waals surface area contributed by atoms with Crippen molar-refractivity contribution in [1.29, 1.82) is 0 Å². The minimum atomic E-state index is -1.62. The zero-order valence-corrected chi connectivity index (χ0v) is 39.7. The van der Waals surface area contributed by atoms with Gasteiger partial charge in [0.2, 0.25) is 23.7 Å². The van der Waals surface area contributed by atoms with E-state index in [2.05, 4.69) is 36.9 Å². The summed E-state index contributed by atoms with van der Waals surface area (Å²) in [5.41, 5.74) is 1.45. The number of carboxylic acid groups (broad SMARTS) is 5. The SMILES string of the molecule is O=C(O)CCC(NC(=O)NC(CCCCNC(=O)C(CC(=O)c1ccc(CNC(=O)CCC(NC(=O)C(CCC(=O)O)NC(=O)c2ccc([18F])nc2)C(=O)O)cc1)Cc1ccc2ccccc2c1)C(=O)O)C(=O)O. The Morgan fingerprint density at radius 3 is 1.72 bits per heavy atom. The number of rotatable bonds is 31. The normalized spacial score (nSPS) is 12.9. The van der Waals surface area contributed by atoms with Crippen LogP contribution in [-0.2, 0) is 51.3 Å². The molecule has 1 aromatic heterocycles. The van der Waals surface area contributed by atoms with Crippen molar-refractivity contribution >= 4 is 76.1 Å². The maximum atomic E-state index is 13.7. The number of ketones is 1. The molecule has 4 rings (SSSR count). The number of aliphatic carboxylic acids is 5. The van der Waals surface area contributed by atoms with Gasteiger partial charge >= 0.3 is 35.9 Å². The number of hydrogen-bond acceptors (Lipinski definition) is 12. The number of nitrogens with zero attached hydrogens (tertiary/aromatic N) is 1. The van der Waals surface area contributed by atoms with E-state index in [1.165, 1.54) is 12.1 Å². The molecule has 0 saturated carbocycles. The van der Waals surface area contributed by atoms with Gasteiger partial charge < -0.3 is 57.4 Å². The lowest BCUT2D eigenvalue weighted by Crippen LogP contribution is -2.52. The molecular weight excluding hydrogens is 973 g/mol. The van der Waals surface area contributed by atoms with Gasteiger partial charge in [-0.15, -0.1) is 0 Å². The first-order valence-electron chi connectivity index (χ1n) is 23.2. The Balaban J connectivity index is 1.31. The third-order valence-electron chi connectivity index (χ3n) is 11.5. The Bertz CT molecular complexity index is 2690. The summed E-state index contributed by atoms with van der Waals surface area (Å²) in [5.74, 6) is -12.1. The van der Waals surface area contributed by atoms with Crippen LogP contribution in [0.15, 0.2) is 85.1 Å². The quantitative estimate of drug-likeness (QED) is 0.0196. The number of pyridine rings is 1. The summed E-state index contributed by atoms with van der Waals surface area (Å²) in [6.07, 6.45) is -1.52. The van der Waals surface area contributed by atoms with E-state index in [9.17, 15) is 72.4 Å². The van der Waals surface area contributed by atoms with Crippen molar-refractivity contribution in [3.63, 3.8) is 0 Å². The molecule has 5 atom stereocenters. The average Bonchev–Trinajstić information content (AvgIpc) is 3.36. The first-order valence-corrected chi connectivity index (χ1v) is 23.2. The first-order chi connectivity index (χ1) is 35.2. The van der Waals surface area contributed by atoms with Gasteiger partial charge in [-0.3, -0.25) is 33.6 Å². The first kappa shape index (κ1) is 57.7. The predicted octanol–water partition coefficient (Wildman–Crippen LogP) is 2.79. The number of Topliss-reactive ketones (excluding diaryl/α,β-unsaturated/α-hetero) is 1. The molecule has 0 aliphatic heterocycles. The van der Waals surface area contributed by atoms with Gasteiger partial charge in [0.15, 0.2) is 5.78 Å². The zero-order valence-electron chi connectivity index (χ0n) is 39.7.